The van der Waals surface area contributed by atoms with E-state index >= 15 is 0 Å². The molecule has 0 unspecified atom stereocenters. The first kappa shape index (κ1) is 25.3. The Hall–Kier alpha value is -2.33. The topological polar surface area (TPSA) is 126 Å². The number of rotatable bonds is 4. The van der Waals surface area contributed by atoms with Gasteiger partial charge < -0.3 is 0 Å². The van der Waals surface area contributed by atoms with Gasteiger partial charge in [-0.2, -0.15) is 0 Å². The van der Waals surface area contributed by atoms with Gasteiger partial charge in [-0.3, -0.25) is 0 Å². The molecule has 0 bridgehead atoms. The van der Waals surface area contributed by atoms with Gasteiger partial charge in [0.1, 0.15) is 0 Å². The number of morpholine rings is 1. The summed E-state index contributed by atoms with van der Waals surface area (Å²) in [4.78, 5) is 4.93. The minimum absolute atomic E-state index is 0.122. The van der Waals surface area contributed by atoms with E-state index in [1.807, 2.05) is 24.5 Å². The normalized spacial score (nSPS) is 14.3. The van der Waals surface area contributed by atoms with Crippen LogP contribution in [0.25, 0.3) is 21.1 Å². The second-order valence-corrected chi connectivity index (χ2v) is 9.80. The molecule has 0 radical (unpaired) electrons. The molecule has 0 amide bonds. The van der Waals surface area contributed by atoms with Crippen LogP contribution in [0, 0.1) is 10.2 Å². The molecule has 3 aromatic rings. The van der Waals surface area contributed by atoms with Crippen LogP contribution >= 0.6 is 0 Å². The van der Waals surface area contributed by atoms with Gasteiger partial charge in [-0.05, 0) is 0 Å². The second-order valence-electron chi connectivity index (χ2n) is 6.88. The monoisotopic (exact) mass is 538 g/mol. The smallest absolute Gasteiger partial charge is 0.112 e. The fourth-order valence-electron chi connectivity index (χ4n) is 3.09. The molecule has 4 rings (SSSR count). The van der Waals surface area contributed by atoms with Crippen molar-refractivity contribution >= 4 is 20.8 Å². The number of methoxy groups -OCH3 is 1. The van der Waals surface area contributed by atoms with Gasteiger partial charge >= 0.3 is 171 Å². The van der Waals surface area contributed by atoms with Crippen LogP contribution in [0.3, 0.4) is 0 Å². The van der Waals surface area contributed by atoms with Crippen LogP contribution in [0.4, 0.5) is 0 Å². The minimum atomic E-state index is -4.94. The van der Waals surface area contributed by atoms with Crippen molar-refractivity contribution in [3.05, 3.63) is 71.0 Å². The zero-order valence-corrected chi connectivity index (χ0v) is 20.4. The number of benzene rings is 2. The maximum Gasteiger partial charge on any atom is -0.112 e. The molecule has 1 fully saturated rings. The molecule has 0 saturated carbocycles. The Morgan fingerprint density at radius 3 is 2.15 bits per heavy atom. The number of hydrogen-bond acceptors (Lipinski definition) is 6. The standard InChI is InChI=1S/C23H23N2O2Se.ClHO4/c1-26-20-9-7-19(8-10-20)22-12-11-21(18-5-3-2-4-6-18)23(28-22)24-17-25-13-15-27-16-14-25;2-1(3,4)5/h2-12,17H,13-16H2,1H3;(H,2,3,4,5)/q+1;/p-1. The number of ether oxygens (including phenoxy) is 2. The van der Waals surface area contributed by atoms with Crippen LogP contribution in [0.15, 0.2) is 71.7 Å². The van der Waals surface area contributed by atoms with Crippen molar-refractivity contribution in [2.75, 3.05) is 33.4 Å². The Morgan fingerprint density at radius 2 is 1.55 bits per heavy atom. The van der Waals surface area contributed by atoms with Gasteiger partial charge in [0.25, 0.3) is 0 Å². The molecule has 1 aromatic heterocycles. The predicted molar refractivity (Wildman–Crippen MR) is 113 cm³/mol. The summed E-state index contributed by atoms with van der Waals surface area (Å²) in [6.45, 7) is 3.33. The zero-order chi connectivity index (χ0) is 23.7. The molecule has 0 atom stereocenters. The molecule has 10 heteroatoms. The van der Waals surface area contributed by atoms with E-state index in [0.29, 0.717) is 0 Å². The van der Waals surface area contributed by atoms with E-state index in [-0.39, 0.29) is 14.5 Å². The average Bonchev–Trinajstić information content (AvgIpc) is 2.83. The summed E-state index contributed by atoms with van der Waals surface area (Å²) < 4.78 is 49.4. The third kappa shape index (κ3) is 8.51. The van der Waals surface area contributed by atoms with E-state index in [4.69, 9.17) is 33.1 Å². The number of nitrogens with zero attached hydrogens (tertiary/aromatic N) is 2. The fourth-order valence-corrected chi connectivity index (χ4v) is 5.18. The molecule has 1 aliphatic heterocycles. The molecule has 0 N–H and O–H groups in total. The molecule has 1 saturated heterocycles. The summed E-state index contributed by atoms with van der Waals surface area (Å²) in [6.07, 6.45) is 1.99. The Balaban J connectivity index is 0.000000555. The first-order valence-electron chi connectivity index (χ1n) is 9.98. The summed E-state index contributed by atoms with van der Waals surface area (Å²) >= 11 is 0.122. The Bertz CT molecular complexity index is 1110. The molecule has 0 spiro atoms. The van der Waals surface area contributed by atoms with Crippen molar-refractivity contribution in [2.45, 2.75) is 0 Å². The third-order valence-corrected chi connectivity index (χ3v) is 7.01. The molecule has 1 aliphatic rings. The molecule has 2 heterocycles. The second kappa shape index (κ2) is 12.2. The first-order valence-corrected chi connectivity index (χ1v) is 12.9. The predicted octanol–water partition coefficient (Wildman–Crippen LogP) is -1.70. The van der Waals surface area contributed by atoms with Crippen LogP contribution in [-0.2, 0) is 4.74 Å². The van der Waals surface area contributed by atoms with Gasteiger partial charge in [0, 0.05) is 0 Å². The van der Waals surface area contributed by atoms with Gasteiger partial charge in [0.15, 0.2) is 0 Å². The van der Waals surface area contributed by atoms with Crippen molar-refractivity contribution < 1.29 is 42.9 Å². The van der Waals surface area contributed by atoms with Gasteiger partial charge in [-0.15, -0.1) is 10.2 Å². The Morgan fingerprint density at radius 1 is 0.909 bits per heavy atom. The molecular weight excluding hydrogens is 515 g/mol. The third-order valence-electron chi connectivity index (χ3n) is 4.68. The van der Waals surface area contributed by atoms with Crippen LogP contribution < -0.4 is 27.6 Å². The van der Waals surface area contributed by atoms with E-state index in [1.54, 1.807) is 7.11 Å². The van der Waals surface area contributed by atoms with E-state index in [9.17, 15) is 0 Å². The molecule has 8 nitrogen and oxygen atoms in total. The van der Waals surface area contributed by atoms with E-state index in [1.165, 1.54) is 21.1 Å². The minimum Gasteiger partial charge on any atom is -0.222 e. The van der Waals surface area contributed by atoms with Crippen molar-refractivity contribution in [2.24, 2.45) is 4.99 Å². The Kier molecular flexibility index (Phi) is 9.37. The molecule has 2 aromatic carbocycles. The van der Waals surface area contributed by atoms with Crippen molar-refractivity contribution in [3.8, 4) is 26.9 Å². The van der Waals surface area contributed by atoms with Crippen LogP contribution in [0.5, 0.6) is 5.75 Å². The van der Waals surface area contributed by atoms with Crippen LogP contribution in [0.2, 0.25) is 0 Å². The average molecular weight is 538 g/mol. The first-order chi connectivity index (χ1) is 15.8. The summed E-state index contributed by atoms with van der Waals surface area (Å²) in [5, 5.41) is 0. The SMILES string of the molecule is COc1ccc(-c2ccc(-c3ccccc3)c(=NC=[N+]3CCOCC3)[se]2)cc1.[O-][Cl+3]([O-])([O-])[O-]. The maximum absolute atomic E-state index is 8.49. The quantitative estimate of drug-likeness (QED) is 0.222. The van der Waals surface area contributed by atoms with Gasteiger partial charge in [0.05, 0.1) is 0 Å². The van der Waals surface area contributed by atoms with Gasteiger partial charge in [-0.25, -0.2) is 18.6 Å². The van der Waals surface area contributed by atoms with Crippen LogP contribution in [0.1, 0.15) is 0 Å². The molecular formula is C23H23ClN2O6Se. The van der Waals surface area contributed by atoms with E-state index in [2.05, 4.69) is 53.1 Å². The fraction of sp³-hybridized carbons (Fsp3) is 0.217. The summed E-state index contributed by atoms with van der Waals surface area (Å²) in [5.41, 5.74) is 3.65. The van der Waals surface area contributed by atoms with E-state index < -0.39 is 10.2 Å². The molecule has 174 valence electrons. The van der Waals surface area contributed by atoms with Gasteiger partial charge in [-0.1, -0.05) is 0 Å². The summed E-state index contributed by atoms with van der Waals surface area (Å²) in [7, 11) is -3.25. The summed E-state index contributed by atoms with van der Waals surface area (Å²) in [5.74, 6) is 0.878. The summed E-state index contributed by atoms with van der Waals surface area (Å²) in [6, 6.07) is 23.2. The van der Waals surface area contributed by atoms with Crippen molar-refractivity contribution in [3.63, 3.8) is 0 Å². The number of halogens is 1. The zero-order valence-electron chi connectivity index (χ0n) is 17.9. The van der Waals surface area contributed by atoms with Crippen LogP contribution in [-0.4, -0.2) is 58.8 Å². The maximum atomic E-state index is 8.49. The molecule has 33 heavy (non-hydrogen) atoms. The van der Waals surface area contributed by atoms with Gasteiger partial charge in [0.2, 0.25) is 0 Å². The largest absolute Gasteiger partial charge is 0.222 e. The molecule has 0 aliphatic carbocycles. The van der Waals surface area contributed by atoms with E-state index in [0.717, 1.165) is 36.3 Å². The van der Waals surface area contributed by atoms with Crippen molar-refractivity contribution in [1.82, 2.24) is 0 Å². The van der Waals surface area contributed by atoms with Crippen molar-refractivity contribution in [1.29, 1.82) is 0 Å². The number of hydrogen-bond donors (Lipinski definition) is 0. The Labute approximate surface area is 199 Å².